The predicted molar refractivity (Wildman–Crippen MR) is 122 cm³/mol. The second kappa shape index (κ2) is 9.56. The predicted octanol–water partition coefficient (Wildman–Crippen LogP) is 3.19. The molecule has 0 aliphatic carbocycles. The monoisotopic (exact) mass is 440 g/mol. The Bertz CT molecular complexity index is 1000. The molecule has 172 valence electrons. The zero-order chi connectivity index (χ0) is 23.6. The van der Waals surface area contributed by atoms with Crippen molar-refractivity contribution in [2.24, 2.45) is 0 Å². The number of amides is 1. The number of aliphatic hydroxyl groups is 1. The van der Waals surface area contributed by atoms with E-state index in [1.807, 2.05) is 57.1 Å². The number of nitrogens with zero attached hydrogens (tertiary/aromatic N) is 3. The summed E-state index contributed by atoms with van der Waals surface area (Å²) in [5.41, 5.74) is 2.49. The van der Waals surface area contributed by atoms with Crippen LogP contribution in [0.5, 0.6) is 5.75 Å². The lowest BCUT2D eigenvalue weighted by Crippen LogP contribution is -2.32. The summed E-state index contributed by atoms with van der Waals surface area (Å²) in [5.74, 6) is -0.777. The fourth-order valence-corrected chi connectivity index (χ4v) is 4.05. The van der Waals surface area contributed by atoms with Gasteiger partial charge in [0.15, 0.2) is 0 Å². The van der Waals surface area contributed by atoms with Gasteiger partial charge in [-0.2, -0.15) is 5.10 Å². The molecule has 1 fully saturated rings. The van der Waals surface area contributed by atoms with Crippen LogP contribution in [0.2, 0.25) is 0 Å². The molecular weight excluding hydrogens is 408 g/mol. The molecule has 3 rings (SSSR count). The van der Waals surface area contributed by atoms with E-state index >= 15 is 0 Å². The lowest BCUT2D eigenvalue weighted by atomic mass is 9.94. The van der Waals surface area contributed by atoms with E-state index in [9.17, 15) is 14.7 Å². The number of H-pyrrole nitrogens is 1. The van der Waals surface area contributed by atoms with Crippen LogP contribution < -0.4 is 4.74 Å². The van der Waals surface area contributed by atoms with Gasteiger partial charge in [-0.25, -0.2) is 0 Å². The van der Waals surface area contributed by atoms with Crippen LogP contribution in [0.4, 0.5) is 0 Å². The van der Waals surface area contributed by atoms with Crippen molar-refractivity contribution in [3.05, 3.63) is 52.4 Å². The number of benzene rings is 1. The molecule has 1 aromatic carbocycles. The molecule has 1 aliphatic rings. The molecule has 8 nitrogen and oxygen atoms in total. The standard InChI is InChI=1S/C24H32N4O4/c1-14(2)32-18-10-8-17(9-11-18)21-20(22(29)19-15(3)25-26-16(19)4)23(30)24(31)28(21)13-7-12-27(5)6/h8-11,14,21,29H,7,12-13H2,1-6H3,(H,25,26)/b22-20+/t21-/m1/s1. The molecule has 2 aromatic rings. The van der Waals surface area contributed by atoms with E-state index in [4.69, 9.17) is 4.74 Å². The van der Waals surface area contributed by atoms with Crippen LogP contribution >= 0.6 is 0 Å². The van der Waals surface area contributed by atoms with E-state index in [2.05, 4.69) is 10.2 Å². The maximum Gasteiger partial charge on any atom is 0.295 e. The number of likely N-dealkylation sites (tertiary alicyclic amines) is 1. The third kappa shape index (κ3) is 4.70. The maximum atomic E-state index is 13.1. The molecule has 1 atom stereocenters. The zero-order valence-electron chi connectivity index (χ0n) is 19.6. The van der Waals surface area contributed by atoms with E-state index in [0.29, 0.717) is 35.7 Å². The van der Waals surface area contributed by atoms with Crippen LogP contribution in [0.3, 0.4) is 0 Å². The summed E-state index contributed by atoms with van der Waals surface area (Å²) in [5, 5.41) is 18.1. The number of carbonyl (C=O) groups excluding carboxylic acids is 2. The summed E-state index contributed by atoms with van der Waals surface area (Å²) in [4.78, 5) is 29.7. The number of ether oxygens (including phenoxy) is 1. The number of aromatic nitrogens is 2. The molecule has 2 heterocycles. The molecule has 1 aromatic heterocycles. The number of ketones is 1. The van der Waals surface area contributed by atoms with Crippen molar-refractivity contribution in [3.8, 4) is 5.75 Å². The Hall–Kier alpha value is -3.13. The number of aryl methyl sites for hydroxylation is 2. The minimum atomic E-state index is -0.682. The highest BCUT2D eigenvalue weighted by Crippen LogP contribution is 2.40. The number of aliphatic hydroxyl groups excluding tert-OH is 1. The first-order valence-corrected chi connectivity index (χ1v) is 10.8. The minimum absolute atomic E-state index is 0.0320. The zero-order valence-corrected chi connectivity index (χ0v) is 19.6. The molecule has 0 unspecified atom stereocenters. The van der Waals surface area contributed by atoms with E-state index in [1.165, 1.54) is 0 Å². The molecule has 1 aliphatic heterocycles. The van der Waals surface area contributed by atoms with Crippen molar-refractivity contribution in [1.29, 1.82) is 0 Å². The van der Waals surface area contributed by atoms with Gasteiger partial charge in [0.25, 0.3) is 11.7 Å². The second-order valence-corrected chi connectivity index (χ2v) is 8.69. The van der Waals surface area contributed by atoms with Crippen molar-refractivity contribution in [2.75, 3.05) is 27.2 Å². The Morgan fingerprint density at radius 3 is 2.41 bits per heavy atom. The van der Waals surface area contributed by atoms with Crippen LogP contribution in [-0.2, 0) is 9.59 Å². The van der Waals surface area contributed by atoms with Gasteiger partial charge in [0.05, 0.1) is 29.0 Å². The lowest BCUT2D eigenvalue weighted by molar-refractivity contribution is -0.139. The van der Waals surface area contributed by atoms with E-state index < -0.39 is 17.7 Å². The SMILES string of the molecule is Cc1n[nH]c(C)c1/C(O)=C1\C(=O)C(=O)N(CCCN(C)C)[C@@H]1c1ccc(OC(C)C)cc1. The lowest BCUT2D eigenvalue weighted by Gasteiger charge is -2.26. The van der Waals surface area contributed by atoms with Gasteiger partial charge in [-0.1, -0.05) is 12.1 Å². The average molecular weight is 441 g/mol. The largest absolute Gasteiger partial charge is 0.507 e. The molecule has 0 radical (unpaired) electrons. The second-order valence-electron chi connectivity index (χ2n) is 8.69. The first-order valence-electron chi connectivity index (χ1n) is 10.8. The Kier molecular flexibility index (Phi) is 7.03. The Balaban J connectivity index is 2.08. The van der Waals surface area contributed by atoms with Crippen molar-refractivity contribution < 1.29 is 19.4 Å². The van der Waals surface area contributed by atoms with E-state index in [0.717, 1.165) is 12.1 Å². The number of hydrogen-bond acceptors (Lipinski definition) is 6. The Labute approximate surface area is 188 Å². The Morgan fingerprint density at radius 1 is 1.22 bits per heavy atom. The van der Waals surface area contributed by atoms with Gasteiger partial charge < -0.3 is 19.6 Å². The average Bonchev–Trinajstić information content (AvgIpc) is 3.18. The normalized spacial score (nSPS) is 18.2. The Morgan fingerprint density at radius 2 is 1.88 bits per heavy atom. The van der Waals surface area contributed by atoms with Gasteiger partial charge in [-0.15, -0.1) is 0 Å². The van der Waals surface area contributed by atoms with Gasteiger partial charge in [-0.05, 0) is 72.5 Å². The molecule has 0 saturated carbocycles. The number of hydrogen-bond donors (Lipinski definition) is 2. The first kappa shape index (κ1) is 23.5. The van der Waals surface area contributed by atoms with E-state index in [1.54, 1.807) is 18.7 Å². The maximum absolute atomic E-state index is 13.1. The highest BCUT2D eigenvalue weighted by atomic mass is 16.5. The first-order chi connectivity index (χ1) is 15.1. The summed E-state index contributed by atoms with van der Waals surface area (Å²) in [6, 6.07) is 6.65. The molecule has 8 heteroatoms. The minimum Gasteiger partial charge on any atom is -0.507 e. The fourth-order valence-electron chi connectivity index (χ4n) is 4.05. The van der Waals surface area contributed by atoms with Crippen LogP contribution in [0.15, 0.2) is 29.8 Å². The van der Waals surface area contributed by atoms with Crippen LogP contribution in [0.25, 0.3) is 5.76 Å². The molecule has 1 amide bonds. The topological polar surface area (TPSA) is 98.8 Å². The quantitative estimate of drug-likeness (QED) is 0.372. The van der Waals surface area contributed by atoms with E-state index in [-0.39, 0.29) is 17.4 Å². The van der Waals surface area contributed by atoms with Gasteiger partial charge in [-0.3, -0.25) is 14.7 Å². The number of nitrogens with one attached hydrogen (secondary N) is 1. The number of rotatable bonds is 8. The number of carbonyl (C=O) groups is 2. The van der Waals surface area contributed by atoms with Gasteiger partial charge in [0, 0.05) is 12.2 Å². The molecule has 32 heavy (non-hydrogen) atoms. The van der Waals surface area contributed by atoms with Crippen molar-refractivity contribution in [1.82, 2.24) is 20.0 Å². The molecule has 1 saturated heterocycles. The molecule has 2 N–H and O–H groups in total. The van der Waals surface area contributed by atoms with Gasteiger partial charge >= 0.3 is 0 Å². The van der Waals surface area contributed by atoms with Gasteiger partial charge in [0.2, 0.25) is 0 Å². The van der Waals surface area contributed by atoms with Crippen molar-refractivity contribution >= 4 is 17.4 Å². The summed E-state index contributed by atoms with van der Waals surface area (Å²) in [7, 11) is 3.92. The highest BCUT2D eigenvalue weighted by Gasteiger charge is 2.46. The number of aromatic amines is 1. The molecule has 0 bridgehead atoms. The third-order valence-corrected chi connectivity index (χ3v) is 5.48. The van der Waals surface area contributed by atoms with Crippen LogP contribution in [-0.4, -0.2) is 70.1 Å². The smallest absolute Gasteiger partial charge is 0.295 e. The summed E-state index contributed by atoms with van der Waals surface area (Å²) in [6.07, 6.45) is 0.735. The third-order valence-electron chi connectivity index (χ3n) is 5.48. The van der Waals surface area contributed by atoms with Crippen molar-refractivity contribution in [2.45, 2.75) is 46.3 Å². The van der Waals surface area contributed by atoms with Gasteiger partial charge in [0.1, 0.15) is 11.5 Å². The summed E-state index contributed by atoms with van der Waals surface area (Å²) in [6.45, 7) is 8.59. The van der Waals surface area contributed by atoms with Crippen LogP contribution in [0.1, 0.15) is 48.8 Å². The number of Topliss-reactive ketones (excluding diaryl/α,β-unsaturated/α-hetero) is 1. The van der Waals surface area contributed by atoms with Crippen LogP contribution in [0, 0.1) is 13.8 Å². The highest BCUT2D eigenvalue weighted by molar-refractivity contribution is 6.46. The fraction of sp³-hybridized carbons (Fsp3) is 0.458. The summed E-state index contributed by atoms with van der Waals surface area (Å²) >= 11 is 0. The molecular formula is C24H32N4O4. The summed E-state index contributed by atoms with van der Waals surface area (Å²) < 4.78 is 5.73. The molecule has 0 spiro atoms. The van der Waals surface area contributed by atoms with Crippen molar-refractivity contribution in [3.63, 3.8) is 0 Å².